The van der Waals surface area contributed by atoms with Crippen LogP contribution in [0.15, 0.2) is 181 Å². The first-order valence-corrected chi connectivity index (χ1v) is 16.3. The molecule has 0 amide bonds. The number of aromatic nitrogens is 3. The molecule has 3 aromatic heterocycles. The number of furan rings is 1. The van der Waals surface area contributed by atoms with Crippen molar-refractivity contribution in [2.45, 2.75) is 0 Å². The Morgan fingerprint density at radius 1 is 0.347 bits per heavy atom. The van der Waals surface area contributed by atoms with Gasteiger partial charge in [0.15, 0.2) is 5.82 Å². The lowest BCUT2D eigenvalue weighted by Crippen LogP contribution is -1.96. The minimum atomic E-state index is 0.648. The highest BCUT2D eigenvalue weighted by Gasteiger charge is 2.14. The van der Waals surface area contributed by atoms with Crippen LogP contribution in [0.1, 0.15) is 0 Å². The summed E-state index contributed by atoms with van der Waals surface area (Å²) in [6, 6.07) is 56.7. The normalized spacial score (nSPS) is 11.3. The van der Waals surface area contributed by atoms with Gasteiger partial charge in [0.05, 0.1) is 11.4 Å². The lowest BCUT2D eigenvalue weighted by Gasteiger charge is -2.11. The maximum Gasteiger partial charge on any atom is 0.160 e. The maximum absolute atomic E-state index is 6.23. The Bertz CT molecular complexity index is 2570. The van der Waals surface area contributed by atoms with E-state index in [9.17, 15) is 0 Å². The number of rotatable bonds is 6. The molecule has 49 heavy (non-hydrogen) atoms. The number of hydrogen-bond acceptors (Lipinski definition) is 4. The van der Waals surface area contributed by atoms with E-state index >= 15 is 0 Å². The zero-order valence-corrected chi connectivity index (χ0v) is 26.5. The molecule has 0 atom stereocenters. The van der Waals surface area contributed by atoms with Crippen LogP contribution in [0, 0.1) is 0 Å². The Morgan fingerprint density at radius 3 is 1.61 bits per heavy atom. The molecule has 0 aliphatic rings. The summed E-state index contributed by atoms with van der Waals surface area (Å²) in [5, 5.41) is 2.18. The topological polar surface area (TPSA) is 51.8 Å². The summed E-state index contributed by atoms with van der Waals surface area (Å²) in [5.41, 5.74) is 13.2. The van der Waals surface area contributed by atoms with E-state index in [1.54, 1.807) is 6.20 Å². The fraction of sp³-hybridized carbons (Fsp3) is 0. The molecule has 0 saturated heterocycles. The van der Waals surface area contributed by atoms with Crippen LogP contribution in [0.4, 0.5) is 0 Å². The standard InChI is InChI=1S/C45H29N3O/c1-2-8-30(9-3-1)31-15-19-33(20-16-31)41-28-42(48-45(47-41)37-23-24-40-39-13-4-5-14-43(39)49-44(40)27-37)34-21-17-32(18-22-34)35-10-6-11-36(26-35)38-12-7-25-46-29-38/h1-29H. The van der Waals surface area contributed by atoms with Crippen molar-refractivity contribution in [1.29, 1.82) is 0 Å². The van der Waals surface area contributed by atoms with Gasteiger partial charge in [-0.25, -0.2) is 9.97 Å². The monoisotopic (exact) mass is 627 g/mol. The fourth-order valence-corrected chi connectivity index (χ4v) is 6.45. The average Bonchev–Trinajstić information content (AvgIpc) is 3.57. The molecule has 0 bridgehead atoms. The van der Waals surface area contributed by atoms with Crippen LogP contribution in [0.25, 0.3) is 89.2 Å². The van der Waals surface area contributed by atoms with Crippen molar-refractivity contribution < 1.29 is 4.42 Å². The van der Waals surface area contributed by atoms with E-state index in [4.69, 9.17) is 14.4 Å². The van der Waals surface area contributed by atoms with E-state index < -0.39 is 0 Å². The van der Waals surface area contributed by atoms with Gasteiger partial charge in [-0.05, 0) is 64.2 Å². The Hall–Kier alpha value is -6.65. The van der Waals surface area contributed by atoms with Crippen molar-refractivity contribution in [2.24, 2.45) is 0 Å². The summed E-state index contributed by atoms with van der Waals surface area (Å²) in [7, 11) is 0. The molecule has 0 aliphatic carbocycles. The first kappa shape index (κ1) is 28.6. The van der Waals surface area contributed by atoms with Crippen molar-refractivity contribution in [3.63, 3.8) is 0 Å². The van der Waals surface area contributed by atoms with Crippen molar-refractivity contribution >= 4 is 21.9 Å². The van der Waals surface area contributed by atoms with Crippen LogP contribution in [-0.4, -0.2) is 15.0 Å². The number of fused-ring (bicyclic) bond motifs is 3. The van der Waals surface area contributed by atoms with E-state index in [1.165, 1.54) is 5.56 Å². The van der Waals surface area contributed by atoms with Crippen LogP contribution in [0.5, 0.6) is 0 Å². The SMILES string of the molecule is c1ccc(-c2ccc(-c3cc(-c4ccc(-c5cccc(-c6cccnc6)c5)cc4)nc(-c4ccc5c(c4)oc4ccccc45)n3)cc2)cc1. The minimum Gasteiger partial charge on any atom is -0.456 e. The van der Waals surface area contributed by atoms with Crippen LogP contribution >= 0.6 is 0 Å². The van der Waals surface area contributed by atoms with Gasteiger partial charge < -0.3 is 4.42 Å². The molecule has 230 valence electrons. The number of benzene rings is 6. The van der Waals surface area contributed by atoms with Gasteiger partial charge in [0, 0.05) is 45.4 Å². The van der Waals surface area contributed by atoms with Crippen LogP contribution in [0.3, 0.4) is 0 Å². The van der Waals surface area contributed by atoms with E-state index in [2.05, 4.69) is 138 Å². The predicted molar refractivity (Wildman–Crippen MR) is 200 cm³/mol. The second-order valence-electron chi connectivity index (χ2n) is 12.1. The first-order valence-electron chi connectivity index (χ1n) is 16.3. The van der Waals surface area contributed by atoms with Crippen LogP contribution < -0.4 is 0 Å². The van der Waals surface area contributed by atoms with E-state index in [0.29, 0.717) is 5.82 Å². The second-order valence-corrected chi connectivity index (χ2v) is 12.1. The van der Waals surface area contributed by atoms with Gasteiger partial charge in [0.1, 0.15) is 11.2 Å². The summed E-state index contributed by atoms with van der Waals surface area (Å²) < 4.78 is 6.23. The quantitative estimate of drug-likeness (QED) is 0.184. The third kappa shape index (κ3) is 5.56. The van der Waals surface area contributed by atoms with Gasteiger partial charge in [-0.2, -0.15) is 0 Å². The average molecular weight is 628 g/mol. The summed E-state index contributed by atoms with van der Waals surface area (Å²) in [6.07, 6.45) is 3.70. The molecule has 6 aromatic carbocycles. The van der Waals surface area contributed by atoms with Crippen molar-refractivity contribution in [2.75, 3.05) is 0 Å². The summed E-state index contributed by atoms with van der Waals surface area (Å²) in [6.45, 7) is 0. The third-order valence-corrected chi connectivity index (χ3v) is 9.02. The molecule has 0 radical (unpaired) electrons. The van der Waals surface area contributed by atoms with E-state index in [0.717, 1.165) is 77.8 Å². The number of pyridine rings is 1. The zero-order chi connectivity index (χ0) is 32.6. The van der Waals surface area contributed by atoms with Gasteiger partial charge >= 0.3 is 0 Å². The van der Waals surface area contributed by atoms with Crippen molar-refractivity contribution in [3.05, 3.63) is 176 Å². The Morgan fingerprint density at radius 2 is 0.898 bits per heavy atom. The number of nitrogens with zero attached hydrogens (tertiary/aromatic N) is 3. The Balaban J connectivity index is 1.12. The first-order chi connectivity index (χ1) is 24.2. The zero-order valence-electron chi connectivity index (χ0n) is 26.5. The van der Waals surface area contributed by atoms with E-state index in [-0.39, 0.29) is 0 Å². The van der Waals surface area contributed by atoms with Crippen molar-refractivity contribution in [3.8, 4) is 67.3 Å². The molecular formula is C45H29N3O. The molecule has 0 fully saturated rings. The summed E-state index contributed by atoms with van der Waals surface area (Å²) in [5.74, 6) is 0.648. The highest BCUT2D eigenvalue weighted by molar-refractivity contribution is 6.05. The second kappa shape index (κ2) is 12.2. The van der Waals surface area contributed by atoms with Gasteiger partial charge in [0.25, 0.3) is 0 Å². The molecule has 9 rings (SSSR count). The van der Waals surface area contributed by atoms with Gasteiger partial charge in [0.2, 0.25) is 0 Å². The van der Waals surface area contributed by atoms with Crippen LogP contribution in [0.2, 0.25) is 0 Å². The molecule has 0 N–H and O–H groups in total. The Kier molecular flexibility index (Phi) is 7.10. The number of hydrogen-bond donors (Lipinski definition) is 0. The smallest absolute Gasteiger partial charge is 0.160 e. The highest BCUT2D eigenvalue weighted by atomic mass is 16.3. The summed E-state index contributed by atoms with van der Waals surface area (Å²) in [4.78, 5) is 14.5. The molecular weight excluding hydrogens is 599 g/mol. The molecule has 4 heteroatoms. The molecule has 0 spiro atoms. The molecule has 4 nitrogen and oxygen atoms in total. The van der Waals surface area contributed by atoms with Gasteiger partial charge in [-0.3, -0.25) is 4.98 Å². The third-order valence-electron chi connectivity index (χ3n) is 9.02. The lowest BCUT2D eigenvalue weighted by atomic mass is 9.98. The van der Waals surface area contributed by atoms with E-state index in [1.807, 2.05) is 36.5 Å². The maximum atomic E-state index is 6.23. The van der Waals surface area contributed by atoms with Gasteiger partial charge in [-0.15, -0.1) is 0 Å². The number of para-hydroxylation sites is 1. The molecule has 3 heterocycles. The molecule has 0 saturated carbocycles. The van der Waals surface area contributed by atoms with Crippen molar-refractivity contribution in [1.82, 2.24) is 15.0 Å². The largest absolute Gasteiger partial charge is 0.456 e. The Labute approximate surface area is 284 Å². The summed E-state index contributed by atoms with van der Waals surface area (Å²) >= 11 is 0. The fourth-order valence-electron chi connectivity index (χ4n) is 6.45. The van der Waals surface area contributed by atoms with Gasteiger partial charge in [-0.1, -0.05) is 127 Å². The minimum absolute atomic E-state index is 0.648. The van der Waals surface area contributed by atoms with Crippen LogP contribution in [-0.2, 0) is 0 Å². The highest BCUT2D eigenvalue weighted by Crippen LogP contribution is 2.34. The predicted octanol–water partition coefficient (Wildman–Crippen LogP) is 11.8. The molecule has 9 aromatic rings. The molecule has 0 aliphatic heterocycles. The molecule has 0 unspecified atom stereocenters. The lowest BCUT2D eigenvalue weighted by molar-refractivity contribution is 0.669.